The van der Waals surface area contributed by atoms with Gasteiger partial charge in [0.25, 0.3) is 5.91 Å². The molecule has 7 heteroatoms. The molecule has 0 saturated heterocycles. The first-order chi connectivity index (χ1) is 17.1. The van der Waals surface area contributed by atoms with Gasteiger partial charge in [0.15, 0.2) is 5.76 Å². The van der Waals surface area contributed by atoms with Crippen LogP contribution in [0.1, 0.15) is 53.8 Å². The molecule has 1 saturated carbocycles. The zero-order valence-electron chi connectivity index (χ0n) is 19.9. The summed E-state index contributed by atoms with van der Waals surface area (Å²) in [6, 6.07) is 13.0. The van der Waals surface area contributed by atoms with Crippen molar-refractivity contribution in [3.8, 4) is 11.3 Å². The smallest absolute Gasteiger partial charge is 0.287 e. The SMILES string of the molecule is CNC(=O)[C@@H](NC(=O)c1ccc(-c2ccc3c(c2)CC(Cc2cccnc2)=N3)o1)C1CCCCC1. The summed E-state index contributed by atoms with van der Waals surface area (Å²) in [5.74, 6) is 0.461. The minimum atomic E-state index is -0.545. The van der Waals surface area contributed by atoms with E-state index in [1.807, 2.05) is 24.4 Å². The summed E-state index contributed by atoms with van der Waals surface area (Å²) < 4.78 is 5.93. The average Bonchev–Trinajstić information content (AvgIpc) is 3.54. The van der Waals surface area contributed by atoms with E-state index in [9.17, 15) is 9.59 Å². The van der Waals surface area contributed by atoms with Crippen LogP contribution in [0.25, 0.3) is 11.3 Å². The summed E-state index contributed by atoms with van der Waals surface area (Å²) in [4.78, 5) is 34.4. The molecule has 2 aliphatic rings. The van der Waals surface area contributed by atoms with Gasteiger partial charge < -0.3 is 15.1 Å². The molecule has 0 radical (unpaired) electrons. The Labute approximate surface area is 205 Å². The van der Waals surface area contributed by atoms with E-state index in [1.54, 1.807) is 25.4 Å². The van der Waals surface area contributed by atoms with Crippen molar-refractivity contribution in [2.45, 2.75) is 51.0 Å². The predicted molar refractivity (Wildman–Crippen MR) is 135 cm³/mol. The van der Waals surface area contributed by atoms with Crippen molar-refractivity contribution >= 4 is 23.2 Å². The van der Waals surface area contributed by atoms with Crippen LogP contribution in [0.3, 0.4) is 0 Å². The maximum absolute atomic E-state index is 13.0. The minimum Gasteiger partial charge on any atom is -0.451 e. The first-order valence-corrected chi connectivity index (χ1v) is 12.3. The van der Waals surface area contributed by atoms with Gasteiger partial charge in [-0.05, 0) is 66.3 Å². The molecular weight excluding hydrogens is 440 g/mol. The topological polar surface area (TPSA) is 96.6 Å². The van der Waals surface area contributed by atoms with Crippen molar-refractivity contribution in [1.82, 2.24) is 15.6 Å². The van der Waals surface area contributed by atoms with Crippen LogP contribution in [0.5, 0.6) is 0 Å². The van der Waals surface area contributed by atoms with E-state index in [0.717, 1.165) is 66.6 Å². The second kappa shape index (κ2) is 10.3. The summed E-state index contributed by atoms with van der Waals surface area (Å²) in [5, 5.41) is 5.62. The lowest BCUT2D eigenvalue weighted by Crippen LogP contribution is -2.50. The fourth-order valence-electron chi connectivity index (χ4n) is 5.11. The maximum Gasteiger partial charge on any atom is 0.287 e. The van der Waals surface area contributed by atoms with E-state index in [0.29, 0.717) is 5.76 Å². The molecule has 7 nitrogen and oxygen atoms in total. The summed E-state index contributed by atoms with van der Waals surface area (Å²) in [6.07, 6.45) is 10.4. The molecule has 1 atom stereocenters. The number of hydrogen-bond donors (Lipinski definition) is 2. The van der Waals surface area contributed by atoms with E-state index in [2.05, 4.69) is 27.8 Å². The highest BCUT2D eigenvalue weighted by atomic mass is 16.4. The Morgan fingerprint density at radius 1 is 1.11 bits per heavy atom. The Bertz CT molecular complexity index is 1240. The van der Waals surface area contributed by atoms with Gasteiger partial charge in [-0.3, -0.25) is 19.6 Å². The van der Waals surface area contributed by atoms with E-state index < -0.39 is 6.04 Å². The molecule has 1 aliphatic heterocycles. The number of likely N-dealkylation sites (N-methyl/N-ethyl adjacent to an activating group) is 1. The second-order valence-electron chi connectivity index (χ2n) is 9.36. The summed E-state index contributed by atoms with van der Waals surface area (Å²) in [5.41, 5.74) is 5.26. The van der Waals surface area contributed by atoms with Crippen LogP contribution in [0.4, 0.5) is 5.69 Å². The van der Waals surface area contributed by atoms with Crippen molar-refractivity contribution < 1.29 is 14.0 Å². The van der Waals surface area contributed by atoms with Crippen LogP contribution in [-0.4, -0.2) is 35.6 Å². The van der Waals surface area contributed by atoms with Gasteiger partial charge in [-0.1, -0.05) is 25.3 Å². The lowest BCUT2D eigenvalue weighted by atomic mass is 9.83. The van der Waals surface area contributed by atoms with Gasteiger partial charge in [0.05, 0.1) is 5.69 Å². The molecule has 3 heterocycles. The fraction of sp³-hybridized carbons (Fsp3) is 0.357. The van der Waals surface area contributed by atoms with E-state index in [-0.39, 0.29) is 23.5 Å². The largest absolute Gasteiger partial charge is 0.451 e. The van der Waals surface area contributed by atoms with Gasteiger partial charge in [-0.25, -0.2) is 0 Å². The molecule has 1 fully saturated rings. The number of amides is 2. The number of nitrogens with one attached hydrogen (secondary N) is 2. The Kier molecular flexibility index (Phi) is 6.75. The van der Waals surface area contributed by atoms with Crippen molar-refractivity contribution in [3.05, 3.63) is 71.7 Å². The molecule has 1 aliphatic carbocycles. The molecule has 0 unspecified atom stereocenters. The molecule has 180 valence electrons. The minimum absolute atomic E-state index is 0.152. The van der Waals surface area contributed by atoms with Crippen molar-refractivity contribution in [3.63, 3.8) is 0 Å². The fourth-order valence-corrected chi connectivity index (χ4v) is 5.11. The molecule has 2 amide bonds. The van der Waals surface area contributed by atoms with E-state index >= 15 is 0 Å². The van der Waals surface area contributed by atoms with Crippen LogP contribution in [-0.2, 0) is 17.6 Å². The molecule has 35 heavy (non-hydrogen) atoms. The summed E-state index contributed by atoms with van der Waals surface area (Å²) >= 11 is 0. The predicted octanol–water partition coefficient (Wildman–Crippen LogP) is 4.64. The lowest BCUT2D eigenvalue weighted by molar-refractivity contribution is -0.124. The van der Waals surface area contributed by atoms with Gasteiger partial charge in [-0.2, -0.15) is 0 Å². The normalized spacial score (nSPS) is 16.3. The molecule has 3 aromatic rings. The number of benzene rings is 1. The van der Waals surface area contributed by atoms with Gasteiger partial charge in [0.2, 0.25) is 5.91 Å². The first-order valence-electron chi connectivity index (χ1n) is 12.3. The number of fused-ring (bicyclic) bond motifs is 1. The maximum atomic E-state index is 13.0. The van der Waals surface area contributed by atoms with Crippen LogP contribution in [0.15, 0.2) is 64.3 Å². The molecule has 1 aromatic carbocycles. The second-order valence-corrected chi connectivity index (χ2v) is 9.36. The summed E-state index contributed by atoms with van der Waals surface area (Å²) in [6.45, 7) is 0. The third-order valence-electron chi connectivity index (χ3n) is 6.93. The number of nitrogens with zero attached hydrogens (tertiary/aromatic N) is 2. The average molecular weight is 471 g/mol. The van der Waals surface area contributed by atoms with Crippen molar-refractivity contribution in [1.29, 1.82) is 0 Å². The van der Waals surface area contributed by atoms with E-state index in [4.69, 9.17) is 9.41 Å². The van der Waals surface area contributed by atoms with Crippen molar-refractivity contribution in [2.75, 3.05) is 7.05 Å². The molecule has 2 aromatic heterocycles. The Morgan fingerprint density at radius 3 is 2.74 bits per heavy atom. The highest BCUT2D eigenvalue weighted by molar-refractivity contribution is 5.97. The molecular formula is C28H30N4O3. The molecule has 2 N–H and O–H groups in total. The summed E-state index contributed by atoms with van der Waals surface area (Å²) in [7, 11) is 1.61. The van der Waals surface area contributed by atoms with Crippen molar-refractivity contribution in [2.24, 2.45) is 10.9 Å². The van der Waals surface area contributed by atoms with Crippen LogP contribution < -0.4 is 10.6 Å². The Morgan fingerprint density at radius 2 is 1.97 bits per heavy atom. The molecule has 5 rings (SSSR count). The first kappa shape index (κ1) is 23.0. The molecule has 0 bridgehead atoms. The number of hydrogen-bond acceptors (Lipinski definition) is 5. The number of aliphatic imine (C=N–C) groups is 1. The number of pyridine rings is 1. The highest BCUT2D eigenvalue weighted by Gasteiger charge is 2.31. The van der Waals surface area contributed by atoms with Gasteiger partial charge in [0, 0.05) is 43.6 Å². The third kappa shape index (κ3) is 5.19. The number of carbonyl (C=O) groups is 2. The van der Waals surface area contributed by atoms with Crippen LogP contribution in [0.2, 0.25) is 0 Å². The van der Waals surface area contributed by atoms with E-state index in [1.165, 1.54) is 6.42 Å². The van der Waals surface area contributed by atoms with Gasteiger partial charge in [0.1, 0.15) is 11.8 Å². The number of rotatable bonds is 7. The lowest BCUT2D eigenvalue weighted by Gasteiger charge is -2.29. The Hall–Kier alpha value is -3.74. The quantitative estimate of drug-likeness (QED) is 0.526. The number of carbonyl (C=O) groups excluding carboxylic acids is 2. The zero-order chi connectivity index (χ0) is 24.2. The molecule has 0 spiro atoms. The van der Waals surface area contributed by atoms with Gasteiger partial charge in [-0.15, -0.1) is 0 Å². The number of aromatic nitrogens is 1. The standard InChI is InChI=1S/C28H30N4O3/c1-29-28(34)26(19-7-3-2-4-8-19)32-27(33)25-12-11-24(35-25)20-9-10-23-21(15-20)16-22(31-23)14-18-6-5-13-30-17-18/h5-6,9-13,15,17,19,26H,2-4,7-8,14,16H2,1H3,(H,29,34)(H,32,33)/t26-/m0/s1. The third-order valence-corrected chi connectivity index (χ3v) is 6.93. The van der Waals surface area contributed by atoms with Crippen LogP contribution in [0, 0.1) is 5.92 Å². The van der Waals surface area contributed by atoms with Gasteiger partial charge >= 0.3 is 0 Å². The highest BCUT2D eigenvalue weighted by Crippen LogP contribution is 2.33. The zero-order valence-corrected chi connectivity index (χ0v) is 19.9. The number of furan rings is 1. The van der Waals surface area contributed by atoms with Crippen LogP contribution >= 0.6 is 0 Å². The monoisotopic (exact) mass is 470 g/mol. The Balaban J connectivity index is 1.27.